The molecule has 1 spiro atoms. The van der Waals surface area contributed by atoms with Crippen LogP contribution in [0.1, 0.15) is 54.7 Å². The van der Waals surface area contributed by atoms with Crippen LogP contribution >= 0.6 is 0 Å². The smallest absolute Gasteiger partial charge is 0.254 e. The lowest BCUT2D eigenvalue weighted by Crippen LogP contribution is -2.49. The number of nitrogens with zero attached hydrogens (tertiary/aromatic N) is 3. The minimum Gasteiger partial charge on any atom is -0.367 e. The van der Waals surface area contributed by atoms with E-state index in [9.17, 15) is 9.18 Å². The molecule has 1 saturated carbocycles. The molecule has 6 heteroatoms. The van der Waals surface area contributed by atoms with E-state index >= 15 is 0 Å². The summed E-state index contributed by atoms with van der Waals surface area (Å²) in [5.41, 5.74) is 5.30. The van der Waals surface area contributed by atoms with E-state index in [0.29, 0.717) is 17.1 Å². The number of hydrogen-bond donors (Lipinski definition) is 1. The predicted molar refractivity (Wildman–Crippen MR) is 124 cm³/mol. The second-order valence-corrected chi connectivity index (χ2v) is 10.3. The Kier molecular flexibility index (Phi) is 4.75. The molecule has 4 aliphatic rings. The van der Waals surface area contributed by atoms with E-state index in [-0.39, 0.29) is 11.4 Å². The topological polar surface area (TPSA) is 52.2 Å². The standard InChI is InChI=1S/C26H31FN4O/c1-17-2-5-23(21(27)14-17)31-12-10-30(11-13-31)19-4-3-18(15-19)24-28-22-6-7-26(8-9-26)16-20(22)25(32)29-24/h2,5,14-15,19H,3-4,6-13,16H2,1H3,(H,28,29,32)/t19-/m1/s1. The van der Waals surface area contributed by atoms with Crippen LogP contribution in [0.2, 0.25) is 0 Å². The summed E-state index contributed by atoms with van der Waals surface area (Å²) < 4.78 is 14.4. The number of benzene rings is 1. The molecule has 2 aromatic rings. The van der Waals surface area contributed by atoms with Gasteiger partial charge < -0.3 is 9.88 Å². The summed E-state index contributed by atoms with van der Waals surface area (Å²) in [6, 6.07) is 5.86. The first-order valence-electron chi connectivity index (χ1n) is 12.1. The second kappa shape index (κ2) is 7.55. The minimum atomic E-state index is -0.128. The number of halogens is 1. The van der Waals surface area contributed by atoms with Crippen LogP contribution in [0.25, 0.3) is 5.57 Å². The Hall–Kier alpha value is -2.47. The number of allylic oxidation sites excluding steroid dienone is 1. The third kappa shape index (κ3) is 3.58. The summed E-state index contributed by atoms with van der Waals surface area (Å²) in [6.07, 6.45) is 9.89. The van der Waals surface area contributed by atoms with Gasteiger partial charge in [0.2, 0.25) is 0 Å². The number of hydrogen-bond acceptors (Lipinski definition) is 4. The monoisotopic (exact) mass is 434 g/mol. The largest absolute Gasteiger partial charge is 0.367 e. The fourth-order valence-corrected chi connectivity index (χ4v) is 5.89. The number of anilines is 1. The fourth-order valence-electron chi connectivity index (χ4n) is 5.89. The average Bonchev–Trinajstić information content (AvgIpc) is 3.35. The van der Waals surface area contributed by atoms with Gasteiger partial charge >= 0.3 is 0 Å². The zero-order valence-corrected chi connectivity index (χ0v) is 18.8. The normalized spacial score (nSPS) is 24.5. The van der Waals surface area contributed by atoms with Gasteiger partial charge in [0.15, 0.2) is 0 Å². The highest BCUT2D eigenvalue weighted by Gasteiger charge is 2.45. The van der Waals surface area contributed by atoms with Gasteiger partial charge in [0.05, 0.1) is 11.4 Å². The maximum atomic E-state index is 14.4. The molecule has 1 atom stereocenters. The van der Waals surface area contributed by atoms with Crippen molar-refractivity contribution in [1.82, 2.24) is 14.9 Å². The molecule has 2 heterocycles. The van der Waals surface area contributed by atoms with Crippen molar-refractivity contribution in [3.05, 3.63) is 63.1 Å². The van der Waals surface area contributed by atoms with Crippen LogP contribution in [0.3, 0.4) is 0 Å². The maximum absolute atomic E-state index is 14.4. The number of fused-ring (bicyclic) bond motifs is 1. The number of nitrogens with one attached hydrogen (secondary N) is 1. The number of aromatic amines is 1. The van der Waals surface area contributed by atoms with Crippen molar-refractivity contribution >= 4 is 11.3 Å². The number of rotatable bonds is 3. The van der Waals surface area contributed by atoms with Crippen molar-refractivity contribution in [3.63, 3.8) is 0 Å². The molecule has 3 aliphatic carbocycles. The molecule has 5 nitrogen and oxygen atoms in total. The van der Waals surface area contributed by atoms with Crippen molar-refractivity contribution in [2.24, 2.45) is 5.41 Å². The number of aryl methyl sites for hydroxylation is 2. The van der Waals surface area contributed by atoms with E-state index < -0.39 is 0 Å². The zero-order chi connectivity index (χ0) is 21.9. The van der Waals surface area contributed by atoms with Crippen LogP contribution in [0, 0.1) is 18.2 Å². The molecule has 0 radical (unpaired) electrons. The highest BCUT2D eigenvalue weighted by atomic mass is 19.1. The third-order valence-electron chi connectivity index (χ3n) is 8.14. The molecular formula is C26H31FN4O. The van der Waals surface area contributed by atoms with Crippen LogP contribution in [0.15, 0.2) is 29.1 Å². The average molecular weight is 435 g/mol. The summed E-state index contributed by atoms with van der Waals surface area (Å²) in [5.74, 6) is 0.653. The predicted octanol–water partition coefficient (Wildman–Crippen LogP) is 3.85. The van der Waals surface area contributed by atoms with E-state index in [1.165, 1.54) is 24.8 Å². The SMILES string of the molecule is Cc1ccc(N2CCN([C@H]3C=C(c4nc5c(c(=O)[nH]4)CC4(CC5)CC4)CC3)CC2)c(F)c1. The summed E-state index contributed by atoms with van der Waals surface area (Å²) >= 11 is 0. The van der Waals surface area contributed by atoms with Gasteiger partial charge in [-0.3, -0.25) is 9.69 Å². The Morgan fingerprint density at radius 2 is 1.94 bits per heavy atom. The number of H-pyrrole nitrogens is 1. The first-order valence-corrected chi connectivity index (χ1v) is 12.1. The van der Waals surface area contributed by atoms with Crippen LogP contribution in [0.5, 0.6) is 0 Å². The van der Waals surface area contributed by atoms with Crippen molar-refractivity contribution in [1.29, 1.82) is 0 Å². The van der Waals surface area contributed by atoms with Gasteiger partial charge in [0.25, 0.3) is 5.56 Å². The summed E-state index contributed by atoms with van der Waals surface area (Å²) in [6.45, 7) is 5.41. The van der Waals surface area contributed by atoms with Crippen LogP contribution in [-0.4, -0.2) is 47.1 Å². The Bertz CT molecular complexity index is 1140. The van der Waals surface area contributed by atoms with Crippen LogP contribution in [0.4, 0.5) is 10.1 Å². The number of aromatic nitrogens is 2. The van der Waals surface area contributed by atoms with Crippen molar-refractivity contribution < 1.29 is 4.39 Å². The molecule has 0 amide bonds. The van der Waals surface area contributed by atoms with Gasteiger partial charge in [0, 0.05) is 37.8 Å². The molecule has 1 aromatic carbocycles. The minimum absolute atomic E-state index is 0.0778. The van der Waals surface area contributed by atoms with Gasteiger partial charge in [-0.05, 0) is 80.6 Å². The van der Waals surface area contributed by atoms with Gasteiger partial charge in [0.1, 0.15) is 11.6 Å². The first kappa shape index (κ1) is 20.2. The Morgan fingerprint density at radius 3 is 2.69 bits per heavy atom. The molecule has 2 fully saturated rings. The van der Waals surface area contributed by atoms with Gasteiger partial charge in [-0.25, -0.2) is 9.37 Å². The summed E-state index contributed by atoms with van der Waals surface area (Å²) in [5, 5.41) is 0. The molecular weight excluding hydrogens is 403 g/mol. The quantitative estimate of drug-likeness (QED) is 0.797. The van der Waals surface area contributed by atoms with Gasteiger partial charge in [-0.15, -0.1) is 0 Å². The van der Waals surface area contributed by atoms with Crippen molar-refractivity contribution in [2.45, 2.75) is 57.9 Å². The molecule has 6 rings (SSSR count). The van der Waals surface area contributed by atoms with Crippen LogP contribution in [-0.2, 0) is 12.8 Å². The fraction of sp³-hybridized carbons (Fsp3) is 0.538. The molecule has 32 heavy (non-hydrogen) atoms. The molecule has 1 saturated heterocycles. The lowest BCUT2D eigenvalue weighted by Gasteiger charge is -2.38. The highest BCUT2D eigenvalue weighted by molar-refractivity contribution is 5.63. The van der Waals surface area contributed by atoms with Gasteiger partial charge in [-0.2, -0.15) is 0 Å². The number of piperazine rings is 1. The van der Waals surface area contributed by atoms with Gasteiger partial charge in [-0.1, -0.05) is 12.1 Å². The lowest BCUT2D eigenvalue weighted by atomic mass is 9.84. The zero-order valence-electron chi connectivity index (χ0n) is 18.8. The van der Waals surface area contributed by atoms with E-state index in [0.717, 1.165) is 74.5 Å². The molecule has 1 N–H and O–H groups in total. The molecule has 1 aromatic heterocycles. The van der Waals surface area contributed by atoms with Crippen molar-refractivity contribution in [3.8, 4) is 0 Å². The Morgan fingerprint density at radius 1 is 1.12 bits per heavy atom. The Labute approximate surface area is 188 Å². The highest BCUT2D eigenvalue weighted by Crippen LogP contribution is 2.53. The van der Waals surface area contributed by atoms with Crippen molar-refractivity contribution in [2.75, 3.05) is 31.1 Å². The second-order valence-electron chi connectivity index (χ2n) is 10.3. The molecule has 1 aliphatic heterocycles. The van der Waals surface area contributed by atoms with E-state index in [1.54, 1.807) is 6.07 Å². The lowest BCUT2D eigenvalue weighted by molar-refractivity contribution is 0.214. The summed E-state index contributed by atoms with van der Waals surface area (Å²) in [7, 11) is 0. The molecule has 168 valence electrons. The van der Waals surface area contributed by atoms with E-state index in [4.69, 9.17) is 4.98 Å². The molecule has 0 unspecified atom stereocenters. The van der Waals surface area contributed by atoms with Crippen LogP contribution < -0.4 is 10.5 Å². The summed E-state index contributed by atoms with van der Waals surface area (Å²) in [4.78, 5) is 25.4. The Balaban J connectivity index is 1.14. The molecule has 0 bridgehead atoms. The first-order chi connectivity index (χ1) is 15.5. The van der Waals surface area contributed by atoms with E-state index in [2.05, 4.69) is 20.9 Å². The van der Waals surface area contributed by atoms with E-state index in [1.807, 2.05) is 19.1 Å². The maximum Gasteiger partial charge on any atom is 0.254 e. The third-order valence-corrected chi connectivity index (χ3v) is 8.14.